The Morgan fingerprint density at radius 1 is 0.818 bits per heavy atom. The number of rotatable bonds is 21. The molecule has 244 valence electrons. The van der Waals surface area contributed by atoms with Crippen molar-refractivity contribution in [2.45, 2.75) is 105 Å². The van der Waals surface area contributed by atoms with E-state index in [1.807, 2.05) is 6.07 Å². The van der Waals surface area contributed by atoms with Crippen LogP contribution in [0.5, 0.6) is 11.5 Å². The van der Waals surface area contributed by atoms with Crippen molar-refractivity contribution < 1.29 is 38.3 Å². The molecule has 1 aromatic carbocycles. The summed E-state index contributed by atoms with van der Waals surface area (Å²) in [6.07, 6.45) is 10.3. The van der Waals surface area contributed by atoms with E-state index < -0.39 is 40.3 Å². The number of nitro benzene ring substituents is 1. The molecule has 1 aromatic rings. The third-order valence-corrected chi connectivity index (χ3v) is 6.78. The van der Waals surface area contributed by atoms with Gasteiger partial charge in [-0.1, -0.05) is 78.1 Å². The molecule has 0 saturated carbocycles. The number of nitriles is 1. The van der Waals surface area contributed by atoms with Crippen LogP contribution in [0.3, 0.4) is 0 Å². The van der Waals surface area contributed by atoms with Crippen molar-refractivity contribution in [3.05, 3.63) is 33.4 Å². The highest BCUT2D eigenvalue weighted by Gasteiger charge is 2.28. The Labute approximate surface area is 260 Å². The first kappa shape index (κ1) is 37.9. The van der Waals surface area contributed by atoms with Crippen LogP contribution >= 0.6 is 0 Å². The van der Waals surface area contributed by atoms with Gasteiger partial charge in [-0.05, 0) is 44.4 Å². The van der Waals surface area contributed by atoms with Gasteiger partial charge in [0.15, 0.2) is 5.75 Å². The first-order valence-electron chi connectivity index (χ1n) is 15.6. The van der Waals surface area contributed by atoms with E-state index in [4.69, 9.17) is 18.9 Å². The lowest BCUT2D eigenvalue weighted by Crippen LogP contribution is -2.31. The highest BCUT2D eigenvalue weighted by atomic mass is 16.7. The number of carbonyl (C=O) groups excluding carboxylic acids is 3. The maximum Gasteiger partial charge on any atom is 0.514 e. The fraction of sp³-hybridized carbons (Fsp3) is 0.625. The number of hydrogen-bond acceptors (Lipinski definition) is 10. The van der Waals surface area contributed by atoms with Crippen LogP contribution in [-0.4, -0.2) is 54.3 Å². The van der Waals surface area contributed by atoms with Crippen LogP contribution < -0.4 is 9.47 Å². The lowest BCUT2D eigenvalue weighted by Gasteiger charge is -2.17. The van der Waals surface area contributed by atoms with Gasteiger partial charge in [-0.25, -0.2) is 9.59 Å². The minimum absolute atomic E-state index is 0.000256. The number of hydrogen-bond donors (Lipinski definition) is 0. The van der Waals surface area contributed by atoms with Crippen molar-refractivity contribution in [1.29, 1.82) is 5.26 Å². The summed E-state index contributed by atoms with van der Waals surface area (Å²) < 4.78 is 20.7. The molecule has 0 bridgehead atoms. The molecule has 12 heteroatoms. The summed E-state index contributed by atoms with van der Waals surface area (Å²) in [5.41, 5.74) is -1.02. The Morgan fingerprint density at radius 3 is 1.80 bits per heavy atom. The number of ether oxygens (including phenoxy) is 4. The average molecular weight is 618 g/mol. The van der Waals surface area contributed by atoms with Gasteiger partial charge in [0.2, 0.25) is 0 Å². The highest BCUT2D eigenvalue weighted by Crippen LogP contribution is 2.40. The standard InChI is InChI=1S/C32H47N3O9/c1-5-9-11-13-15-17-19-41-31(37)43-28-23-25(21-26(24-33)30(36)34(7-3)8-4)22-27(35(39)40)29(28)44-32(38)42-20-18-16-14-12-10-6-2/h21-23H,5-20H2,1-4H3/b26-21+. The summed E-state index contributed by atoms with van der Waals surface area (Å²) in [6.45, 7) is 8.55. The summed E-state index contributed by atoms with van der Waals surface area (Å²) in [5, 5.41) is 21.7. The summed E-state index contributed by atoms with van der Waals surface area (Å²) >= 11 is 0. The van der Waals surface area contributed by atoms with Gasteiger partial charge in [0.05, 0.1) is 18.1 Å². The molecule has 0 aliphatic rings. The molecule has 0 atom stereocenters. The second-order valence-corrected chi connectivity index (χ2v) is 10.2. The molecule has 0 aliphatic heterocycles. The third kappa shape index (κ3) is 14.4. The normalized spacial score (nSPS) is 10.9. The number of amides is 1. The Morgan fingerprint density at radius 2 is 1.32 bits per heavy atom. The van der Waals surface area contributed by atoms with E-state index in [0.717, 1.165) is 82.4 Å². The molecular weight excluding hydrogens is 570 g/mol. The Balaban J connectivity index is 3.23. The largest absolute Gasteiger partial charge is 0.514 e. The van der Waals surface area contributed by atoms with Crippen molar-refractivity contribution in [3.8, 4) is 17.6 Å². The number of likely N-dealkylation sites (N-methyl/N-ethyl adjacent to an activating group) is 1. The molecule has 44 heavy (non-hydrogen) atoms. The number of nitro groups is 1. The SMILES string of the molecule is CCCCCCCCOC(=O)Oc1cc(/C=C(\C#N)C(=O)N(CC)CC)cc([N+](=O)[O-])c1OC(=O)OCCCCCCCC. The lowest BCUT2D eigenvalue weighted by atomic mass is 10.1. The molecule has 0 fully saturated rings. The van der Waals surface area contributed by atoms with Crippen LogP contribution in [0.15, 0.2) is 17.7 Å². The van der Waals surface area contributed by atoms with Crippen LogP contribution in [0, 0.1) is 21.4 Å². The molecular formula is C32H47N3O9. The van der Waals surface area contributed by atoms with Crippen LogP contribution in [0.25, 0.3) is 6.08 Å². The zero-order chi connectivity index (χ0) is 32.7. The van der Waals surface area contributed by atoms with E-state index in [2.05, 4.69) is 13.8 Å². The summed E-state index contributed by atoms with van der Waals surface area (Å²) in [5.74, 6) is -1.73. The minimum Gasteiger partial charge on any atom is -0.434 e. The van der Waals surface area contributed by atoms with E-state index in [1.165, 1.54) is 4.90 Å². The van der Waals surface area contributed by atoms with Crippen molar-refractivity contribution in [3.63, 3.8) is 0 Å². The second-order valence-electron chi connectivity index (χ2n) is 10.2. The van der Waals surface area contributed by atoms with E-state index in [-0.39, 0.29) is 24.4 Å². The van der Waals surface area contributed by atoms with Crippen LogP contribution in [-0.2, 0) is 14.3 Å². The van der Waals surface area contributed by atoms with Crippen molar-refractivity contribution in [2.75, 3.05) is 26.3 Å². The number of unbranched alkanes of at least 4 members (excludes halogenated alkanes) is 10. The Hall–Kier alpha value is -4.14. The predicted molar refractivity (Wildman–Crippen MR) is 165 cm³/mol. The first-order chi connectivity index (χ1) is 21.2. The fourth-order valence-electron chi connectivity index (χ4n) is 4.30. The highest BCUT2D eigenvalue weighted by molar-refractivity contribution is 6.01. The first-order valence-corrected chi connectivity index (χ1v) is 15.6. The second kappa shape index (κ2) is 22.4. The maximum atomic E-state index is 12.8. The van der Waals surface area contributed by atoms with E-state index in [1.54, 1.807) is 13.8 Å². The molecule has 0 radical (unpaired) electrons. The molecule has 0 aromatic heterocycles. The zero-order valence-corrected chi connectivity index (χ0v) is 26.6. The van der Waals surface area contributed by atoms with Crippen LogP contribution in [0.4, 0.5) is 15.3 Å². The zero-order valence-electron chi connectivity index (χ0n) is 26.6. The number of carbonyl (C=O) groups is 3. The maximum absolute atomic E-state index is 12.8. The van der Waals surface area contributed by atoms with Gasteiger partial charge in [0, 0.05) is 19.2 Å². The average Bonchev–Trinajstić information content (AvgIpc) is 3.00. The minimum atomic E-state index is -1.20. The number of benzene rings is 1. The van der Waals surface area contributed by atoms with Gasteiger partial charge in [0.1, 0.15) is 11.6 Å². The monoisotopic (exact) mass is 617 g/mol. The van der Waals surface area contributed by atoms with Crippen LogP contribution in [0.2, 0.25) is 0 Å². The fourth-order valence-corrected chi connectivity index (χ4v) is 4.30. The number of nitrogens with zero attached hydrogens (tertiary/aromatic N) is 3. The van der Waals surface area contributed by atoms with Gasteiger partial charge in [0.25, 0.3) is 11.7 Å². The molecule has 1 rings (SSSR count). The lowest BCUT2D eigenvalue weighted by molar-refractivity contribution is -0.385. The predicted octanol–water partition coefficient (Wildman–Crippen LogP) is 8.12. The van der Waals surface area contributed by atoms with Crippen LogP contribution in [0.1, 0.15) is 110 Å². The van der Waals surface area contributed by atoms with E-state index >= 15 is 0 Å². The van der Waals surface area contributed by atoms with Crippen molar-refractivity contribution >= 4 is 30.0 Å². The summed E-state index contributed by atoms with van der Waals surface area (Å²) in [7, 11) is 0. The van der Waals surface area contributed by atoms with Gasteiger partial charge in [-0.2, -0.15) is 5.26 Å². The third-order valence-electron chi connectivity index (χ3n) is 6.78. The Kier molecular flexibility index (Phi) is 19.3. The summed E-state index contributed by atoms with van der Waals surface area (Å²) in [6, 6.07) is 3.98. The van der Waals surface area contributed by atoms with E-state index in [0.29, 0.717) is 25.9 Å². The Bertz CT molecular complexity index is 1140. The molecule has 1 amide bonds. The smallest absolute Gasteiger partial charge is 0.434 e. The summed E-state index contributed by atoms with van der Waals surface area (Å²) in [4.78, 5) is 50.4. The molecule has 12 nitrogen and oxygen atoms in total. The van der Waals surface area contributed by atoms with Crippen molar-refractivity contribution in [1.82, 2.24) is 4.90 Å². The van der Waals surface area contributed by atoms with Crippen molar-refractivity contribution in [2.24, 2.45) is 0 Å². The van der Waals surface area contributed by atoms with E-state index in [9.17, 15) is 29.8 Å². The molecule has 0 N–H and O–H groups in total. The molecule has 0 unspecified atom stereocenters. The van der Waals surface area contributed by atoms with Gasteiger partial charge < -0.3 is 23.8 Å². The van der Waals surface area contributed by atoms with Gasteiger partial charge in [-0.15, -0.1) is 0 Å². The molecule has 0 heterocycles. The molecule has 0 saturated heterocycles. The van der Waals surface area contributed by atoms with Gasteiger partial charge in [-0.3, -0.25) is 14.9 Å². The molecule has 0 spiro atoms. The molecule has 0 aliphatic carbocycles. The quantitative estimate of drug-likeness (QED) is 0.0251. The topological polar surface area (TPSA) is 158 Å². The van der Waals surface area contributed by atoms with Gasteiger partial charge >= 0.3 is 18.0 Å².